The van der Waals surface area contributed by atoms with Crippen LogP contribution in [0.15, 0.2) is 29.2 Å². The molecule has 2 N–H and O–H groups in total. The highest BCUT2D eigenvalue weighted by Gasteiger charge is 2.27. The van der Waals surface area contributed by atoms with E-state index in [1.165, 1.54) is 31.4 Å². The van der Waals surface area contributed by atoms with Gasteiger partial charge in [0.05, 0.1) is 17.4 Å². The third-order valence-corrected chi connectivity index (χ3v) is 5.62. The zero-order valence-corrected chi connectivity index (χ0v) is 14.8. The smallest absolute Gasteiger partial charge is 0.306 e. The molecule has 0 saturated carbocycles. The summed E-state index contributed by atoms with van der Waals surface area (Å²) in [4.78, 5) is 25.1. The lowest BCUT2D eigenvalue weighted by molar-refractivity contribution is -0.143. The van der Waals surface area contributed by atoms with E-state index in [0.29, 0.717) is 31.5 Å². The molecule has 1 aliphatic rings. The molecule has 25 heavy (non-hydrogen) atoms. The van der Waals surface area contributed by atoms with Crippen LogP contribution < -0.4 is 4.72 Å². The molecule has 1 heterocycles. The summed E-state index contributed by atoms with van der Waals surface area (Å²) in [5.74, 6) is -1.46. The number of nitrogens with zero attached hydrogens (tertiary/aromatic N) is 1. The molecule has 1 amide bonds. The predicted octanol–water partition coefficient (Wildman–Crippen LogP) is 0.548. The fraction of sp³-hybridized carbons (Fsp3) is 0.500. The minimum Gasteiger partial charge on any atom is -0.481 e. The summed E-state index contributed by atoms with van der Waals surface area (Å²) in [5, 5.41) is 8.99. The summed E-state index contributed by atoms with van der Waals surface area (Å²) in [6, 6.07) is 5.70. The number of piperidine rings is 1. The van der Waals surface area contributed by atoms with Gasteiger partial charge in [-0.2, -0.15) is 0 Å². The second-order valence-electron chi connectivity index (χ2n) is 5.82. The molecule has 138 valence electrons. The second-order valence-corrected chi connectivity index (χ2v) is 7.59. The van der Waals surface area contributed by atoms with Crippen LogP contribution in [0.3, 0.4) is 0 Å². The van der Waals surface area contributed by atoms with Gasteiger partial charge >= 0.3 is 5.97 Å². The van der Waals surface area contributed by atoms with Crippen molar-refractivity contribution < 1.29 is 27.9 Å². The van der Waals surface area contributed by atoms with Crippen LogP contribution >= 0.6 is 0 Å². The standard InChI is InChI=1S/C16H22N2O6S/c1-24-11-8-17-25(22,23)14-4-2-12(3-5-14)15(19)18-9-6-13(7-10-18)16(20)21/h2-5,13,17H,6-11H2,1H3,(H,20,21). The van der Waals surface area contributed by atoms with E-state index >= 15 is 0 Å². The van der Waals surface area contributed by atoms with Crippen LogP contribution in [0.1, 0.15) is 23.2 Å². The molecule has 2 rings (SSSR count). The van der Waals surface area contributed by atoms with Crippen LogP contribution in [-0.2, 0) is 19.6 Å². The molecule has 1 aliphatic heterocycles. The maximum atomic E-state index is 12.4. The average Bonchev–Trinajstić information content (AvgIpc) is 2.61. The number of hydrogen-bond donors (Lipinski definition) is 2. The molecule has 0 aromatic heterocycles. The molecular formula is C16H22N2O6S. The lowest BCUT2D eigenvalue weighted by atomic mass is 9.96. The third kappa shape index (κ3) is 5.00. The summed E-state index contributed by atoms with van der Waals surface area (Å²) in [6.45, 7) is 1.20. The molecule has 1 aromatic carbocycles. The Bertz CT molecular complexity index is 709. The molecule has 0 bridgehead atoms. The lowest BCUT2D eigenvalue weighted by Gasteiger charge is -2.30. The molecule has 9 heteroatoms. The largest absolute Gasteiger partial charge is 0.481 e. The van der Waals surface area contributed by atoms with E-state index < -0.39 is 21.9 Å². The normalized spacial score (nSPS) is 16.0. The molecule has 8 nitrogen and oxygen atoms in total. The van der Waals surface area contributed by atoms with Gasteiger partial charge in [0.15, 0.2) is 0 Å². The van der Waals surface area contributed by atoms with E-state index in [-0.39, 0.29) is 24.0 Å². The van der Waals surface area contributed by atoms with Crippen LogP contribution in [-0.4, -0.2) is 63.7 Å². The minimum atomic E-state index is -3.64. The Kier molecular flexibility index (Phi) is 6.51. The van der Waals surface area contributed by atoms with Gasteiger partial charge in [0.1, 0.15) is 0 Å². The van der Waals surface area contributed by atoms with Crippen molar-refractivity contribution in [3.8, 4) is 0 Å². The van der Waals surface area contributed by atoms with Crippen molar-refractivity contribution in [2.75, 3.05) is 33.4 Å². The third-order valence-electron chi connectivity index (χ3n) is 4.14. The molecule has 0 atom stereocenters. The number of likely N-dealkylation sites (tertiary alicyclic amines) is 1. The van der Waals surface area contributed by atoms with Gasteiger partial charge in [-0.25, -0.2) is 13.1 Å². The van der Waals surface area contributed by atoms with Crippen LogP contribution in [0.25, 0.3) is 0 Å². The van der Waals surface area contributed by atoms with Gasteiger partial charge in [0.2, 0.25) is 10.0 Å². The monoisotopic (exact) mass is 370 g/mol. The number of carbonyl (C=O) groups excluding carboxylic acids is 1. The number of sulfonamides is 1. The number of nitrogens with one attached hydrogen (secondary N) is 1. The molecule has 1 aromatic rings. The second kappa shape index (κ2) is 8.41. The highest BCUT2D eigenvalue weighted by atomic mass is 32.2. The summed E-state index contributed by atoms with van der Waals surface area (Å²) in [5.41, 5.74) is 0.379. The van der Waals surface area contributed by atoms with Crippen molar-refractivity contribution in [1.82, 2.24) is 9.62 Å². The minimum absolute atomic E-state index is 0.0738. The number of carboxylic acid groups (broad SMARTS) is 1. The van der Waals surface area contributed by atoms with Crippen molar-refractivity contribution in [3.05, 3.63) is 29.8 Å². The number of hydrogen-bond acceptors (Lipinski definition) is 5. The highest BCUT2D eigenvalue weighted by molar-refractivity contribution is 7.89. The van der Waals surface area contributed by atoms with E-state index in [0.717, 1.165) is 0 Å². The Hall–Kier alpha value is -1.97. The molecule has 1 saturated heterocycles. The maximum absolute atomic E-state index is 12.4. The Morgan fingerprint density at radius 2 is 1.84 bits per heavy atom. The first kappa shape index (κ1) is 19.4. The van der Waals surface area contributed by atoms with Crippen LogP contribution in [0, 0.1) is 5.92 Å². The fourth-order valence-corrected chi connectivity index (χ4v) is 3.66. The first-order valence-corrected chi connectivity index (χ1v) is 9.44. The average molecular weight is 370 g/mol. The van der Waals surface area contributed by atoms with Crippen molar-refractivity contribution in [1.29, 1.82) is 0 Å². The van der Waals surface area contributed by atoms with E-state index in [1.54, 1.807) is 4.90 Å². The molecule has 1 fully saturated rings. The highest BCUT2D eigenvalue weighted by Crippen LogP contribution is 2.20. The first-order chi connectivity index (χ1) is 11.8. The summed E-state index contributed by atoms with van der Waals surface area (Å²) in [6.07, 6.45) is 0.855. The van der Waals surface area contributed by atoms with Gasteiger partial charge in [-0.1, -0.05) is 0 Å². The number of benzene rings is 1. The van der Waals surface area contributed by atoms with Crippen LogP contribution in [0.5, 0.6) is 0 Å². The summed E-state index contributed by atoms with van der Waals surface area (Å²) >= 11 is 0. The van der Waals surface area contributed by atoms with E-state index in [4.69, 9.17) is 9.84 Å². The number of amides is 1. The number of ether oxygens (including phenoxy) is 1. The summed E-state index contributed by atoms with van der Waals surface area (Å²) in [7, 11) is -2.16. The maximum Gasteiger partial charge on any atom is 0.306 e. The van der Waals surface area contributed by atoms with Gasteiger partial charge in [-0.05, 0) is 37.1 Å². The quantitative estimate of drug-likeness (QED) is 0.678. The van der Waals surface area contributed by atoms with E-state index in [9.17, 15) is 18.0 Å². The van der Waals surface area contributed by atoms with E-state index in [1.807, 2.05) is 0 Å². The molecule has 0 unspecified atom stereocenters. The number of rotatable bonds is 7. The van der Waals surface area contributed by atoms with E-state index in [2.05, 4.69) is 4.72 Å². The number of carbonyl (C=O) groups is 2. The lowest BCUT2D eigenvalue weighted by Crippen LogP contribution is -2.40. The van der Waals surface area contributed by atoms with Gasteiger partial charge in [-0.3, -0.25) is 9.59 Å². The van der Waals surface area contributed by atoms with Gasteiger partial charge in [0, 0.05) is 32.3 Å². The van der Waals surface area contributed by atoms with Crippen molar-refractivity contribution in [2.24, 2.45) is 5.92 Å². The van der Waals surface area contributed by atoms with Crippen LogP contribution in [0.4, 0.5) is 0 Å². The molecule has 0 aliphatic carbocycles. The Morgan fingerprint density at radius 3 is 2.36 bits per heavy atom. The van der Waals surface area contributed by atoms with Crippen LogP contribution in [0.2, 0.25) is 0 Å². The van der Waals surface area contributed by atoms with Gasteiger partial charge < -0.3 is 14.7 Å². The fourth-order valence-electron chi connectivity index (χ4n) is 2.65. The van der Waals surface area contributed by atoms with Crippen molar-refractivity contribution in [3.63, 3.8) is 0 Å². The molecule has 0 spiro atoms. The zero-order chi connectivity index (χ0) is 18.4. The summed E-state index contributed by atoms with van der Waals surface area (Å²) < 4.78 is 31.3. The zero-order valence-electron chi connectivity index (χ0n) is 14.0. The van der Waals surface area contributed by atoms with Crippen molar-refractivity contribution >= 4 is 21.9 Å². The first-order valence-electron chi connectivity index (χ1n) is 7.96. The topological polar surface area (TPSA) is 113 Å². The molecular weight excluding hydrogens is 348 g/mol. The van der Waals surface area contributed by atoms with Crippen molar-refractivity contribution in [2.45, 2.75) is 17.7 Å². The molecule has 0 radical (unpaired) electrons. The Labute approximate surface area is 146 Å². The van der Waals surface area contributed by atoms with Gasteiger partial charge in [0.25, 0.3) is 5.91 Å². The Morgan fingerprint density at radius 1 is 1.24 bits per heavy atom. The number of methoxy groups -OCH3 is 1. The van der Waals surface area contributed by atoms with Gasteiger partial charge in [-0.15, -0.1) is 0 Å². The number of aliphatic carboxylic acids is 1. The number of carboxylic acids is 1. The SMILES string of the molecule is COCCNS(=O)(=O)c1ccc(C(=O)N2CCC(C(=O)O)CC2)cc1. The predicted molar refractivity (Wildman–Crippen MR) is 89.8 cm³/mol. The Balaban J connectivity index is 2.00.